The number of hydrogen-bond donors (Lipinski definition) is 1. The molecule has 17 heavy (non-hydrogen) atoms. The van der Waals surface area contributed by atoms with Crippen LogP contribution in [0.4, 0.5) is 0 Å². The van der Waals surface area contributed by atoms with Gasteiger partial charge in [0.25, 0.3) is 0 Å². The molecule has 5 heteroatoms. The minimum absolute atomic E-state index is 0.0701. The third-order valence-corrected chi connectivity index (χ3v) is 2.33. The summed E-state index contributed by atoms with van der Waals surface area (Å²) in [6, 6.07) is 0. The lowest BCUT2D eigenvalue weighted by atomic mass is 9.91. The van der Waals surface area contributed by atoms with Crippen molar-refractivity contribution in [3.05, 3.63) is 0 Å². The molecule has 0 saturated carbocycles. The molecule has 0 amide bonds. The summed E-state index contributed by atoms with van der Waals surface area (Å²) in [4.78, 5) is 22.7. The highest BCUT2D eigenvalue weighted by atomic mass is 16.4. The maximum Gasteiger partial charge on any atom is 0.144 e. The number of aliphatic hydroxyl groups excluding tert-OH is 1. The highest BCUT2D eigenvalue weighted by Crippen LogP contribution is 2.14. The van der Waals surface area contributed by atoms with Crippen molar-refractivity contribution in [2.45, 2.75) is 26.4 Å². The van der Waals surface area contributed by atoms with Gasteiger partial charge in [0.15, 0.2) is 0 Å². The predicted octanol–water partition coefficient (Wildman–Crippen LogP) is -0.965. The van der Waals surface area contributed by atoms with Crippen LogP contribution in [0.1, 0.15) is 20.3 Å². The van der Waals surface area contributed by atoms with E-state index in [1.165, 1.54) is 0 Å². The summed E-state index contributed by atoms with van der Waals surface area (Å²) >= 11 is 0. The van der Waals surface area contributed by atoms with E-state index in [1.54, 1.807) is 0 Å². The van der Waals surface area contributed by atoms with Crippen molar-refractivity contribution in [1.29, 1.82) is 0 Å². The number of carbonyl (C=O) groups excluding carboxylic acids is 2. The number of carboxylic acids is 1. The number of ketones is 1. The first-order valence-corrected chi connectivity index (χ1v) is 5.76. The minimum Gasteiger partial charge on any atom is -0.549 e. The molecule has 0 heterocycles. The smallest absolute Gasteiger partial charge is 0.144 e. The maximum absolute atomic E-state index is 11.7. The largest absolute Gasteiger partial charge is 0.549 e. The van der Waals surface area contributed by atoms with E-state index in [1.807, 2.05) is 35.0 Å². The molecule has 2 unspecified atom stereocenters. The first kappa shape index (κ1) is 16.1. The second-order valence-electron chi connectivity index (χ2n) is 5.90. The van der Waals surface area contributed by atoms with E-state index in [0.29, 0.717) is 4.48 Å². The molecule has 5 nitrogen and oxygen atoms in total. The van der Waals surface area contributed by atoms with Crippen molar-refractivity contribution in [1.82, 2.24) is 0 Å². The lowest BCUT2D eigenvalue weighted by molar-refractivity contribution is -0.873. The Kier molecular flexibility index (Phi) is 5.78. The number of rotatable bonds is 7. The summed E-state index contributed by atoms with van der Waals surface area (Å²) in [6.45, 7) is 3.86. The van der Waals surface area contributed by atoms with Crippen LogP contribution in [0.3, 0.4) is 0 Å². The van der Waals surface area contributed by atoms with Crippen molar-refractivity contribution in [2.24, 2.45) is 11.8 Å². The SMILES string of the molecule is CC(C)CC(=O)C(C(=O)[O-])C(O)C[N+](C)(C)C. The van der Waals surface area contributed by atoms with Gasteiger partial charge in [-0.3, -0.25) is 4.79 Å². The number of carboxylic acid groups (broad SMARTS) is 1. The number of carbonyl (C=O) groups is 2. The van der Waals surface area contributed by atoms with Crippen LogP contribution in [0.15, 0.2) is 0 Å². The summed E-state index contributed by atoms with van der Waals surface area (Å²) in [5.74, 6) is -3.30. The van der Waals surface area contributed by atoms with Crippen LogP contribution < -0.4 is 5.11 Å². The van der Waals surface area contributed by atoms with Crippen molar-refractivity contribution in [3.63, 3.8) is 0 Å². The fourth-order valence-corrected chi connectivity index (χ4v) is 1.70. The summed E-state index contributed by atoms with van der Waals surface area (Å²) in [5, 5.41) is 20.8. The average molecular weight is 245 g/mol. The van der Waals surface area contributed by atoms with Crippen LogP contribution in [-0.4, -0.2) is 55.1 Å². The molecule has 0 spiro atoms. The van der Waals surface area contributed by atoms with Crippen molar-refractivity contribution in [2.75, 3.05) is 27.7 Å². The molecule has 0 aliphatic heterocycles. The lowest BCUT2D eigenvalue weighted by Crippen LogP contribution is -2.51. The molecular weight excluding hydrogens is 222 g/mol. The second kappa shape index (κ2) is 6.12. The van der Waals surface area contributed by atoms with Crippen LogP contribution in [-0.2, 0) is 9.59 Å². The minimum atomic E-state index is -1.49. The molecule has 0 rings (SSSR count). The Morgan fingerprint density at radius 2 is 1.71 bits per heavy atom. The zero-order valence-corrected chi connectivity index (χ0v) is 11.3. The van der Waals surface area contributed by atoms with Crippen LogP contribution >= 0.6 is 0 Å². The Labute approximate surface area is 103 Å². The number of hydrogen-bond acceptors (Lipinski definition) is 4. The van der Waals surface area contributed by atoms with Gasteiger partial charge in [-0.1, -0.05) is 13.8 Å². The number of aliphatic carboxylic acids is 1. The summed E-state index contributed by atoms with van der Waals surface area (Å²) in [6.07, 6.45) is -1.06. The van der Waals surface area contributed by atoms with Gasteiger partial charge in [0.05, 0.1) is 33.0 Å². The van der Waals surface area contributed by atoms with E-state index < -0.39 is 23.8 Å². The quantitative estimate of drug-likeness (QED) is 0.463. The van der Waals surface area contributed by atoms with Crippen LogP contribution in [0.25, 0.3) is 0 Å². The lowest BCUT2D eigenvalue weighted by Gasteiger charge is -2.30. The zero-order valence-electron chi connectivity index (χ0n) is 11.3. The normalized spacial score (nSPS) is 15.7. The fraction of sp³-hybridized carbons (Fsp3) is 0.833. The third-order valence-electron chi connectivity index (χ3n) is 2.33. The monoisotopic (exact) mass is 245 g/mol. The standard InChI is InChI=1S/C12H23NO4/c1-8(2)6-9(14)11(12(16)17)10(15)7-13(3,4)5/h8,10-11,15H,6-7H2,1-5H3. The fourth-order valence-electron chi connectivity index (χ4n) is 1.70. The molecule has 0 aliphatic carbocycles. The van der Waals surface area contributed by atoms with E-state index in [4.69, 9.17) is 0 Å². The van der Waals surface area contributed by atoms with Crippen LogP contribution in [0, 0.1) is 11.8 Å². The van der Waals surface area contributed by atoms with E-state index in [-0.39, 0.29) is 18.9 Å². The summed E-state index contributed by atoms with van der Waals surface area (Å²) in [7, 11) is 5.47. The topological polar surface area (TPSA) is 77.4 Å². The van der Waals surface area contributed by atoms with Gasteiger partial charge in [-0.2, -0.15) is 0 Å². The van der Waals surface area contributed by atoms with Gasteiger partial charge in [-0.15, -0.1) is 0 Å². The molecule has 0 bridgehead atoms. The molecule has 0 aromatic heterocycles. The highest BCUT2D eigenvalue weighted by molar-refractivity contribution is 5.98. The third kappa shape index (κ3) is 6.38. The van der Waals surface area contributed by atoms with E-state index in [9.17, 15) is 19.8 Å². The van der Waals surface area contributed by atoms with Gasteiger partial charge >= 0.3 is 0 Å². The molecule has 2 atom stereocenters. The first-order chi connectivity index (χ1) is 7.54. The van der Waals surface area contributed by atoms with Gasteiger partial charge in [0.2, 0.25) is 0 Å². The number of quaternary nitrogens is 1. The van der Waals surface area contributed by atoms with E-state index in [2.05, 4.69) is 0 Å². The highest BCUT2D eigenvalue weighted by Gasteiger charge is 2.31. The Morgan fingerprint density at radius 3 is 2.00 bits per heavy atom. The Balaban J connectivity index is 4.74. The van der Waals surface area contributed by atoms with E-state index in [0.717, 1.165) is 0 Å². The zero-order chi connectivity index (χ0) is 13.8. The second-order valence-corrected chi connectivity index (χ2v) is 5.90. The van der Waals surface area contributed by atoms with Gasteiger partial charge < -0.3 is 19.5 Å². The molecule has 0 radical (unpaired) electrons. The van der Waals surface area contributed by atoms with Gasteiger partial charge in [0.1, 0.15) is 18.4 Å². The Bertz CT molecular complexity index is 281. The number of aliphatic hydroxyl groups is 1. The molecular formula is C12H23NO4. The number of likely N-dealkylation sites (N-methyl/N-ethyl adjacent to an activating group) is 1. The van der Waals surface area contributed by atoms with E-state index >= 15 is 0 Å². The van der Waals surface area contributed by atoms with Gasteiger partial charge in [-0.05, 0) is 5.92 Å². The average Bonchev–Trinajstić information content (AvgIpc) is 1.96. The van der Waals surface area contributed by atoms with Crippen molar-refractivity contribution < 1.29 is 24.3 Å². The maximum atomic E-state index is 11.7. The first-order valence-electron chi connectivity index (χ1n) is 5.76. The summed E-state index contributed by atoms with van der Waals surface area (Å²) < 4.78 is 0.389. The molecule has 0 aromatic rings. The molecule has 0 saturated heterocycles. The van der Waals surface area contributed by atoms with Crippen molar-refractivity contribution in [3.8, 4) is 0 Å². The van der Waals surface area contributed by atoms with Gasteiger partial charge in [-0.25, -0.2) is 0 Å². The predicted molar refractivity (Wildman–Crippen MR) is 61.9 cm³/mol. The molecule has 0 fully saturated rings. The van der Waals surface area contributed by atoms with Crippen molar-refractivity contribution >= 4 is 11.8 Å². The Hall–Kier alpha value is -0.940. The van der Waals surface area contributed by atoms with Crippen LogP contribution in [0.5, 0.6) is 0 Å². The molecule has 0 aromatic carbocycles. The molecule has 100 valence electrons. The van der Waals surface area contributed by atoms with Gasteiger partial charge in [0, 0.05) is 6.42 Å². The number of Topliss-reactive ketones (excluding diaryl/α,β-unsaturated/α-hetero) is 1. The summed E-state index contributed by atoms with van der Waals surface area (Å²) in [5.41, 5.74) is 0. The Morgan fingerprint density at radius 1 is 1.24 bits per heavy atom. The van der Waals surface area contributed by atoms with Crippen LogP contribution in [0.2, 0.25) is 0 Å². The molecule has 1 N–H and O–H groups in total. The number of nitrogens with zero attached hydrogens (tertiary/aromatic N) is 1. The molecule has 0 aliphatic rings.